The van der Waals surface area contributed by atoms with Crippen LogP contribution >= 0.6 is 12.2 Å². The maximum absolute atomic E-state index is 12.5. The van der Waals surface area contributed by atoms with Crippen molar-refractivity contribution in [1.29, 1.82) is 0 Å². The summed E-state index contributed by atoms with van der Waals surface area (Å²) in [5.41, 5.74) is 0.881. The van der Waals surface area contributed by atoms with Crippen LogP contribution in [0.25, 0.3) is 0 Å². The number of amides is 1. The molecule has 0 atom stereocenters. The minimum Gasteiger partial charge on any atom is -0.493 e. The number of hydrogen-bond acceptors (Lipinski definition) is 6. The van der Waals surface area contributed by atoms with Gasteiger partial charge in [-0.1, -0.05) is 12.1 Å². The van der Waals surface area contributed by atoms with Crippen molar-refractivity contribution >= 4 is 38.9 Å². The first-order valence-electron chi connectivity index (χ1n) is 9.35. The first-order valence-corrected chi connectivity index (χ1v) is 11.2. The molecule has 1 amide bonds. The van der Waals surface area contributed by atoms with Gasteiger partial charge in [-0.3, -0.25) is 10.1 Å². The number of benzene rings is 2. The highest BCUT2D eigenvalue weighted by Gasteiger charge is 2.16. The summed E-state index contributed by atoms with van der Waals surface area (Å²) in [6, 6.07) is 16.2. The molecule has 2 aromatic carbocycles. The van der Waals surface area contributed by atoms with Gasteiger partial charge in [-0.2, -0.15) is 0 Å². The average molecular weight is 460 g/mol. The number of ether oxygens (including phenoxy) is 1. The molecule has 0 spiro atoms. The highest BCUT2D eigenvalue weighted by atomic mass is 32.2. The predicted molar refractivity (Wildman–Crippen MR) is 120 cm³/mol. The molecular formula is C21H21N3O5S2. The highest BCUT2D eigenvalue weighted by molar-refractivity contribution is 7.89. The van der Waals surface area contributed by atoms with Crippen LogP contribution in [0.4, 0.5) is 5.69 Å². The molecule has 3 rings (SSSR count). The van der Waals surface area contributed by atoms with E-state index in [9.17, 15) is 13.2 Å². The van der Waals surface area contributed by atoms with Crippen LogP contribution in [0.5, 0.6) is 5.75 Å². The quantitative estimate of drug-likeness (QED) is 0.444. The summed E-state index contributed by atoms with van der Waals surface area (Å²) >= 11 is 5.19. The van der Waals surface area contributed by atoms with Crippen LogP contribution in [0.3, 0.4) is 0 Å². The van der Waals surface area contributed by atoms with Crippen LogP contribution in [0.15, 0.2) is 76.2 Å². The van der Waals surface area contributed by atoms with Crippen LogP contribution in [0.2, 0.25) is 0 Å². The van der Waals surface area contributed by atoms with Crippen molar-refractivity contribution in [2.24, 2.45) is 0 Å². The molecule has 0 aliphatic heterocycles. The summed E-state index contributed by atoms with van der Waals surface area (Å²) < 4.78 is 37.8. The molecule has 0 radical (unpaired) electrons. The first-order chi connectivity index (χ1) is 14.9. The lowest BCUT2D eigenvalue weighted by atomic mass is 10.2. The van der Waals surface area contributed by atoms with E-state index in [0.29, 0.717) is 29.4 Å². The van der Waals surface area contributed by atoms with Crippen molar-refractivity contribution in [3.63, 3.8) is 0 Å². The number of anilines is 1. The molecule has 1 aromatic heterocycles. The number of nitrogens with one attached hydrogen (secondary N) is 3. The lowest BCUT2D eigenvalue weighted by molar-refractivity contribution is 0.0974. The minimum atomic E-state index is -3.70. The average Bonchev–Trinajstić information content (AvgIpc) is 3.27. The lowest BCUT2D eigenvalue weighted by Crippen LogP contribution is -2.34. The zero-order valence-electron chi connectivity index (χ0n) is 16.6. The van der Waals surface area contributed by atoms with Gasteiger partial charge in [0.05, 0.1) is 29.9 Å². The normalized spacial score (nSPS) is 11.0. The fourth-order valence-corrected chi connectivity index (χ4v) is 3.85. The fourth-order valence-electron chi connectivity index (χ4n) is 2.65. The second-order valence-corrected chi connectivity index (χ2v) is 8.44. The molecule has 8 nitrogen and oxygen atoms in total. The Bertz CT molecular complexity index is 1140. The van der Waals surface area contributed by atoms with Crippen LogP contribution in [0.1, 0.15) is 23.0 Å². The Morgan fingerprint density at radius 3 is 2.48 bits per heavy atom. The zero-order chi connectivity index (χ0) is 22.3. The van der Waals surface area contributed by atoms with Crippen molar-refractivity contribution < 1.29 is 22.4 Å². The van der Waals surface area contributed by atoms with Crippen molar-refractivity contribution in [1.82, 2.24) is 10.0 Å². The Labute approximate surface area is 185 Å². The molecule has 0 saturated carbocycles. The zero-order valence-corrected chi connectivity index (χ0v) is 18.3. The van der Waals surface area contributed by atoms with E-state index in [0.717, 1.165) is 0 Å². The fraction of sp³-hybridized carbons (Fsp3) is 0.143. The Kier molecular flexibility index (Phi) is 7.40. The van der Waals surface area contributed by atoms with Gasteiger partial charge in [-0.05, 0) is 67.7 Å². The van der Waals surface area contributed by atoms with Gasteiger partial charge in [-0.15, -0.1) is 0 Å². The molecule has 0 aliphatic carbocycles. The van der Waals surface area contributed by atoms with Gasteiger partial charge in [0, 0.05) is 5.69 Å². The van der Waals surface area contributed by atoms with Gasteiger partial charge in [0.1, 0.15) is 11.5 Å². The third kappa shape index (κ3) is 6.14. The number of thiocarbonyl (C=S) groups is 1. The van der Waals surface area contributed by atoms with E-state index >= 15 is 0 Å². The molecule has 1 heterocycles. The third-order valence-corrected chi connectivity index (χ3v) is 5.72. The summed E-state index contributed by atoms with van der Waals surface area (Å²) in [7, 11) is -3.70. The molecule has 0 aliphatic rings. The van der Waals surface area contributed by atoms with Crippen LogP contribution in [-0.4, -0.2) is 26.0 Å². The number of furan rings is 1. The third-order valence-electron chi connectivity index (χ3n) is 4.10. The number of hydrogen-bond donors (Lipinski definition) is 3. The molecular weight excluding hydrogens is 438 g/mol. The van der Waals surface area contributed by atoms with E-state index in [1.54, 1.807) is 48.5 Å². The molecule has 162 valence electrons. The lowest BCUT2D eigenvalue weighted by Gasteiger charge is -2.12. The Balaban J connectivity index is 1.59. The Morgan fingerprint density at radius 1 is 1.06 bits per heavy atom. The molecule has 3 aromatic rings. The van der Waals surface area contributed by atoms with Crippen molar-refractivity contribution in [3.8, 4) is 5.75 Å². The van der Waals surface area contributed by atoms with Crippen LogP contribution in [-0.2, 0) is 16.6 Å². The maximum Gasteiger partial charge on any atom is 0.261 e. The Hall–Kier alpha value is -3.21. The second kappa shape index (κ2) is 10.2. The minimum absolute atomic E-state index is 0.0503. The molecule has 10 heteroatoms. The summed E-state index contributed by atoms with van der Waals surface area (Å²) in [4.78, 5) is 12.6. The number of rotatable bonds is 8. The molecule has 3 N–H and O–H groups in total. The van der Waals surface area contributed by atoms with E-state index in [-0.39, 0.29) is 16.6 Å². The van der Waals surface area contributed by atoms with E-state index in [1.807, 2.05) is 6.92 Å². The predicted octanol–water partition coefficient (Wildman–Crippen LogP) is 3.28. The first kappa shape index (κ1) is 22.5. The van der Waals surface area contributed by atoms with Gasteiger partial charge in [0.25, 0.3) is 5.91 Å². The number of carbonyl (C=O) groups excluding carboxylic acids is 1. The number of para-hydroxylation sites is 1. The number of sulfonamides is 1. The van der Waals surface area contributed by atoms with E-state index in [4.69, 9.17) is 21.4 Å². The van der Waals surface area contributed by atoms with Gasteiger partial charge < -0.3 is 14.5 Å². The highest BCUT2D eigenvalue weighted by Crippen LogP contribution is 2.18. The summed E-state index contributed by atoms with van der Waals surface area (Å²) in [5, 5.41) is 5.51. The second-order valence-electron chi connectivity index (χ2n) is 6.27. The molecule has 31 heavy (non-hydrogen) atoms. The van der Waals surface area contributed by atoms with Crippen molar-refractivity contribution in [2.45, 2.75) is 18.4 Å². The summed E-state index contributed by atoms with van der Waals surface area (Å²) in [6.45, 7) is 2.31. The smallest absolute Gasteiger partial charge is 0.261 e. The Morgan fingerprint density at radius 2 is 1.81 bits per heavy atom. The molecule has 0 saturated heterocycles. The largest absolute Gasteiger partial charge is 0.493 e. The van der Waals surface area contributed by atoms with E-state index < -0.39 is 15.9 Å². The molecule has 0 unspecified atom stereocenters. The summed E-state index contributed by atoms with van der Waals surface area (Å²) in [5.74, 6) is 0.554. The molecule has 0 bridgehead atoms. The van der Waals surface area contributed by atoms with Gasteiger partial charge in [0.15, 0.2) is 5.11 Å². The van der Waals surface area contributed by atoms with Gasteiger partial charge in [-0.25, -0.2) is 13.1 Å². The number of carbonyl (C=O) groups is 1. The van der Waals surface area contributed by atoms with Crippen LogP contribution in [0, 0.1) is 0 Å². The molecule has 0 fully saturated rings. The maximum atomic E-state index is 12.5. The van der Waals surface area contributed by atoms with Gasteiger partial charge in [0.2, 0.25) is 10.0 Å². The van der Waals surface area contributed by atoms with E-state index in [1.165, 1.54) is 18.4 Å². The van der Waals surface area contributed by atoms with Crippen LogP contribution < -0.4 is 20.1 Å². The SMILES string of the molecule is CCOc1ccccc1C(=O)NC(=S)Nc1ccc(S(=O)(=O)NCc2ccco2)cc1. The van der Waals surface area contributed by atoms with Crippen molar-refractivity contribution in [3.05, 3.63) is 78.3 Å². The summed E-state index contributed by atoms with van der Waals surface area (Å²) in [6.07, 6.45) is 1.47. The monoisotopic (exact) mass is 459 g/mol. The van der Waals surface area contributed by atoms with Gasteiger partial charge >= 0.3 is 0 Å². The van der Waals surface area contributed by atoms with Crippen molar-refractivity contribution in [2.75, 3.05) is 11.9 Å². The topological polar surface area (TPSA) is 110 Å². The van der Waals surface area contributed by atoms with E-state index in [2.05, 4.69) is 15.4 Å². The standard InChI is InChI=1S/C21H21N3O5S2/c1-2-28-19-8-4-3-7-18(19)20(25)24-21(30)23-15-9-11-17(12-10-15)31(26,27)22-14-16-6-5-13-29-16/h3-13,22H,2,14H2,1H3,(H2,23,24,25,30).